The maximum atomic E-state index is 12.6. The van der Waals surface area contributed by atoms with Gasteiger partial charge in [-0.1, -0.05) is 0 Å². The van der Waals surface area contributed by atoms with E-state index in [0.717, 1.165) is 12.1 Å². The number of aromatic hydroxyl groups is 2. The number of rotatable bonds is 5. The Hall–Kier alpha value is -2.81. The summed E-state index contributed by atoms with van der Waals surface area (Å²) in [6.45, 7) is 1.50. The normalized spacial score (nSPS) is 12.5. The lowest BCUT2D eigenvalue weighted by Crippen LogP contribution is -2.17. The molecule has 0 amide bonds. The average Bonchev–Trinajstić information content (AvgIpc) is 3.01. The van der Waals surface area contributed by atoms with E-state index in [0.29, 0.717) is 34.7 Å². The van der Waals surface area contributed by atoms with Crippen LogP contribution < -0.4 is 10.8 Å². The molecule has 4 aromatic rings. The van der Waals surface area contributed by atoms with Gasteiger partial charge in [0.2, 0.25) is 0 Å². The largest absolute Gasteiger partial charge is 0.507 e. The molecule has 1 aromatic heterocycles. The maximum Gasteiger partial charge on any atom is 0.189 e. The van der Waals surface area contributed by atoms with Crippen molar-refractivity contribution < 1.29 is 15.3 Å². The number of H-pyrrole nitrogens is 1. The van der Waals surface area contributed by atoms with E-state index in [4.69, 9.17) is 0 Å². The molecule has 4 rings (SSSR count). The number of nitrogens with one attached hydrogen (secondary N) is 1. The second kappa shape index (κ2) is 7.90. The summed E-state index contributed by atoms with van der Waals surface area (Å²) in [5.41, 5.74) is 0.946. The summed E-state index contributed by atoms with van der Waals surface area (Å²) < 4.78 is 1.73. The van der Waals surface area contributed by atoms with Crippen molar-refractivity contribution in [2.24, 2.45) is 4.99 Å². The molecule has 0 unspecified atom stereocenters. The molecule has 8 nitrogen and oxygen atoms in total. The number of aliphatic hydroxyl groups excluding tert-OH is 1. The molecule has 4 N–H and O–H groups in total. The number of likely N-dealkylation sites (N-methyl/N-ethyl adjacent to an activating group) is 1. The molecule has 9 heteroatoms. The minimum atomic E-state index is -0.306. The van der Waals surface area contributed by atoms with Crippen LogP contribution in [0.4, 0.5) is 0 Å². The summed E-state index contributed by atoms with van der Waals surface area (Å²) in [6, 6.07) is 6.23. The summed E-state index contributed by atoms with van der Waals surface area (Å²) in [7, 11) is 3.91. The number of fused-ring (bicyclic) bond motifs is 2. The van der Waals surface area contributed by atoms with Gasteiger partial charge >= 0.3 is 0 Å². The van der Waals surface area contributed by atoms with Crippen molar-refractivity contribution in [2.75, 3.05) is 33.8 Å². The minimum absolute atomic E-state index is 0. The van der Waals surface area contributed by atoms with Gasteiger partial charge in [-0.3, -0.25) is 19.6 Å². The highest BCUT2D eigenvalue weighted by molar-refractivity contribution is 6.23. The first-order chi connectivity index (χ1) is 13.4. The zero-order chi connectivity index (χ0) is 20.0. The third kappa shape index (κ3) is 3.29. The van der Waals surface area contributed by atoms with E-state index in [1.165, 1.54) is 12.1 Å². The van der Waals surface area contributed by atoms with Gasteiger partial charge in [0.1, 0.15) is 11.5 Å². The van der Waals surface area contributed by atoms with Gasteiger partial charge in [0.15, 0.2) is 5.43 Å². The second-order valence-electron chi connectivity index (χ2n) is 7.08. The van der Waals surface area contributed by atoms with Crippen LogP contribution in [0.3, 0.4) is 0 Å². The zero-order valence-electron chi connectivity index (χ0n) is 16.1. The molecule has 0 radical (unpaired) electrons. The topological polar surface area (TPSA) is 114 Å². The first-order valence-electron chi connectivity index (χ1n) is 9.05. The number of phenols is 2. The lowest BCUT2D eigenvalue weighted by Gasteiger charge is -2.09. The molecule has 3 aromatic carbocycles. The monoisotopic (exact) mass is 418 g/mol. The minimum Gasteiger partial charge on any atom is -0.507 e. The molecule has 0 aliphatic rings. The van der Waals surface area contributed by atoms with Crippen molar-refractivity contribution in [1.29, 1.82) is 0 Å². The number of nitrogens with zero attached hydrogens (tertiary/aromatic N) is 3. The van der Waals surface area contributed by atoms with Crippen LogP contribution in [-0.4, -0.2) is 63.8 Å². The fourth-order valence-corrected chi connectivity index (χ4v) is 3.69. The summed E-state index contributed by atoms with van der Waals surface area (Å²) in [5, 5.41) is 36.0. The summed E-state index contributed by atoms with van der Waals surface area (Å²) in [4.78, 5) is 19.2. The van der Waals surface area contributed by atoms with Gasteiger partial charge < -0.3 is 20.2 Å². The van der Waals surface area contributed by atoms with Gasteiger partial charge in [0, 0.05) is 11.9 Å². The number of halogens is 1. The van der Waals surface area contributed by atoms with Gasteiger partial charge in [-0.25, -0.2) is 0 Å². The van der Waals surface area contributed by atoms with Crippen molar-refractivity contribution in [1.82, 2.24) is 14.7 Å². The highest BCUT2D eigenvalue weighted by atomic mass is 35.5. The first-order valence-corrected chi connectivity index (χ1v) is 9.05. The summed E-state index contributed by atoms with van der Waals surface area (Å²) in [5.74, 6) is -0.334. The number of benzene rings is 3. The van der Waals surface area contributed by atoms with Crippen LogP contribution in [0.15, 0.2) is 34.1 Å². The highest BCUT2D eigenvalue weighted by Gasteiger charge is 2.21. The Balaban J connectivity index is 0.00000240. The highest BCUT2D eigenvalue weighted by Crippen LogP contribution is 2.41. The number of phenolic OH excluding ortho intramolecular Hbond substituents is 2. The van der Waals surface area contributed by atoms with E-state index in [2.05, 4.69) is 10.1 Å². The number of hydrogen-bond acceptors (Lipinski definition) is 6. The van der Waals surface area contributed by atoms with E-state index in [9.17, 15) is 20.1 Å². The SMILES string of the molecule is CN(C)CCN=c1ccc2c3c1c(O)c1c(O)ccc(=O)c1c3[nH]n2CCO.Cl. The van der Waals surface area contributed by atoms with Crippen LogP contribution in [0.5, 0.6) is 11.5 Å². The van der Waals surface area contributed by atoms with Crippen molar-refractivity contribution in [2.45, 2.75) is 6.54 Å². The molecule has 0 aliphatic carbocycles. The summed E-state index contributed by atoms with van der Waals surface area (Å²) in [6.07, 6.45) is 0. The average molecular weight is 419 g/mol. The Bertz CT molecular complexity index is 1310. The molecular weight excluding hydrogens is 396 g/mol. The van der Waals surface area contributed by atoms with Crippen LogP contribution in [0.1, 0.15) is 0 Å². The van der Waals surface area contributed by atoms with Crippen LogP contribution in [0, 0.1) is 0 Å². The lowest BCUT2D eigenvalue weighted by atomic mass is 9.99. The molecule has 0 bridgehead atoms. The van der Waals surface area contributed by atoms with Gasteiger partial charge in [-0.15, -0.1) is 12.4 Å². The van der Waals surface area contributed by atoms with E-state index >= 15 is 0 Å². The van der Waals surface area contributed by atoms with E-state index in [1.54, 1.807) is 10.7 Å². The van der Waals surface area contributed by atoms with Crippen LogP contribution in [0.25, 0.3) is 32.6 Å². The van der Waals surface area contributed by atoms with Crippen LogP contribution >= 0.6 is 12.4 Å². The quantitative estimate of drug-likeness (QED) is 0.365. The molecule has 0 saturated heterocycles. The number of aromatic nitrogens is 2. The molecule has 0 fully saturated rings. The molecular formula is C20H23ClN4O4. The number of aliphatic hydroxyl groups is 1. The van der Waals surface area contributed by atoms with Crippen molar-refractivity contribution in [3.05, 3.63) is 39.8 Å². The Labute approximate surface area is 172 Å². The van der Waals surface area contributed by atoms with Crippen LogP contribution in [0.2, 0.25) is 0 Å². The molecule has 1 heterocycles. The Morgan fingerprint density at radius 2 is 1.83 bits per heavy atom. The lowest BCUT2D eigenvalue weighted by molar-refractivity contribution is 0.272. The number of hydrogen-bond donors (Lipinski definition) is 4. The summed E-state index contributed by atoms with van der Waals surface area (Å²) >= 11 is 0. The molecule has 29 heavy (non-hydrogen) atoms. The predicted octanol–water partition coefficient (Wildman–Crippen LogP) is 1.36. The Kier molecular flexibility index (Phi) is 5.70. The van der Waals surface area contributed by atoms with Gasteiger partial charge in [0.25, 0.3) is 0 Å². The Morgan fingerprint density at radius 1 is 1.07 bits per heavy atom. The molecule has 154 valence electrons. The fraction of sp³-hybridized carbons (Fsp3) is 0.300. The second-order valence-corrected chi connectivity index (χ2v) is 7.08. The van der Waals surface area contributed by atoms with E-state index in [1.807, 2.05) is 25.1 Å². The van der Waals surface area contributed by atoms with Gasteiger partial charge in [-0.2, -0.15) is 0 Å². The smallest absolute Gasteiger partial charge is 0.189 e. The molecule has 0 spiro atoms. The van der Waals surface area contributed by atoms with Gasteiger partial charge in [-0.05, 0) is 38.4 Å². The number of aromatic amines is 1. The fourth-order valence-electron chi connectivity index (χ4n) is 3.69. The molecule has 0 saturated carbocycles. The third-order valence-electron chi connectivity index (χ3n) is 4.97. The molecule has 0 aliphatic heterocycles. The predicted molar refractivity (Wildman–Crippen MR) is 115 cm³/mol. The molecule has 0 atom stereocenters. The van der Waals surface area contributed by atoms with Crippen LogP contribution in [-0.2, 0) is 6.54 Å². The first kappa shape index (κ1) is 20.9. The third-order valence-corrected chi connectivity index (χ3v) is 4.97. The van der Waals surface area contributed by atoms with Crippen molar-refractivity contribution in [3.63, 3.8) is 0 Å². The Morgan fingerprint density at radius 3 is 2.52 bits per heavy atom. The standard InChI is InChI=1S/C20H22N4O4.ClH/c1-23(2)8-7-21-11-3-4-12-16-15(11)20(28)18-14(27)6-5-13(26)17(18)19(16)22-24(12)9-10-25;/h3-6,22,25,27-28H,7-10H2,1-2H3;1H. The van der Waals surface area contributed by atoms with E-state index in [-0.39, 0.29) is 46.7 Å². The zero-order valence-corrected chi connectivity index (χ0v) is 17.0. The van der Waals surface area contributed by atoms with Crippen molar-refractivity contribution >= 4 is 45.0 Å². The van der Waals surface area contributed by atoms with Crippen molar-refractivity contribution in [3.8, 4) is 11.5 Å². The van der Waals surface area contributed by atoms with Gasteiger partial charge in [0.05, 0.1) is 52.2 Å². The maximum absolute atomic E-state index is 12.6. The van der Waals surface area contributed by atoms with E-state index < -0.39 is 0 Å².